The van der Waals surface area contributed by atoms with Crippen LogP contribution in [0.4, 0.5) is 14.5 Å². The number of carbonyl (C=O) groups is 2. The number of hydrogen-bond acceptors (Lipinski definition) is 2. The summed E-state index contributed by atoms with van der Waals surface area (Å²) in [5.74, 6) is -2.81. The minimum Gasteiger partial charge on any atom is -0.347 e. The van der Waals surface area contributed by atoms with Gasteiger partial charge in [-0.05, 0) is 25.0 Å². The Kier molecular flexibility index (Phi) is 6.09. The van der Waals surface area contributed by atoms with Gasteiger partial charge in [-0.1, -0.05) is 13.8 Å². The summed E-state index contributed by atoms with van der Waals surface area (Å²) in [6, 6.07) is 3.06. The van der Waals surface area contributed by atoms with Gasteiger partial charge in [-0.15, -0.1) is 0 Å². The van der Waals surface area contributed by atoms with Gasteiger partial charge in [0.1, 0.15) is 0 Å². The molecule has 2 amide bonds. The van der Waals surface area contributed by atoms with E-state index in [1.807, 2.05) is 13.8 Å². The minimum absolute atomic E-state index is 0.119. The molecule has 0 radical (unpaired) electrons. The fourth-order valence-corrected chi connectivity index (χ4v) is 1.75. The SMILES string of the molecule is CCC(CC)C(=O)NCC(=O)Nc1ccc(F)c(F)c1. The first-order valence-corrected chi connectivity index (χ1v) is 6.50. The van der Waals surface area contributed by atoms with E-state index in [-0.39, 0.29) is 24.1 Å². The Bertz CT molecular complexity index is 488. The summed E-state index contributed by atoms with van der Waals surface area (Å²) in [6.45, 7) is 3.60. The Morgan fingerprint density at radius 2 is 1.80 bits per heavy atom. The Morgan fingerprint density at radius 3 is 2.35 bits per heavy atom. The lowest BCUT2D eigenvalue weighted by Crippen LogP contribution is -2.36. The maximum Gasteiger partial charge on any atom is 0.243 e. The number of hydrogen-bond donors (Lipinski definition) is 2. The molecule has 2 N–H and O–H groups in total. The molecule has 0 spiro atoms. The molecule has 0 saturated carbocycles. The van der Waals surface area contributed by atoms with Crippen molar-refractivity contribution in [3.63, 3.8) is 0 Å². The topological polar surface area (TPSA) is 58.2 Å². The summed E-state index contributed by atoms with van der Waals surface area (Å²) in [7, 11) is 0. The number of benzene rings is 1. The van der Waals surface area contributed by atoms with Crippen LogP contribution in [-0.4, -0.2) is 18.4 Å². The van der Waals surface area contributed by atoms with E-state index in [2.05, 4.69) is 10.6 Å². The van der Waals surface area contributed by atoms with Crippen molar-refractivity contribution in [2.24, 2.45) is 5.92 Å². The summed E-state index contributed by atoms with van der Waals surface area (Å²) in [4.78, 5) is 23.2. The predicted octanol–water partition coefficient (Wildman–Crippen LogP) is 2.46. The zero-order valence-corrected chi connectivity index (χ0v) is 11.5. The highest BCUT2D eigenvalue weighted by molar-refractivity contribution is 5.94. The van der Waals surface area contributed by atoms with Crippen LogP contribution in [0, 0.1) is 17.6 Å². The van der Waals surface area contributed by atoms with Gasteiger partial charge in [0.05, 0.1) is 6.54 Å². The zero-order valence-electron chi connectivity index (χ0n) is 11.5. The molecule has 0 bridgehead atoms. The molecule has 0 aliphatic heterocycles. The van der Waals surface area contributed by atoms with Gasteiger partial charge < -0.3 is 10.6 Å². The summed E-state index contributed by atoms with van der Waals surface area (Å²) >= 11 is 0. The Hall–Kier alpha value is -1.98. The van der Waals surface area contributed by atoms with Crippen LogP contribution >= 0.6 is 0 Å². The van der Waals surface area contributed by atoms with Gasteiger partial charge in [0, 0.05) is 17.7 Å². The third-order valence-electron chi connectivity index (χ3n) is 2.98. The molecular weight excluding hydrogens is 266 g/mol. The smallest absolute Gasteiger partial charge is 0.243 e. The molecule has 1 aromatic rings. The second kappa shape index (κ2) is 7.57. The summed E-state index contributed by atoms with van der Waals surface area (Å²) < 4.78 is 25.7. The molecule has 0 aliphatic rings. The van der Waals surface area contributed by atoms with Gasteiger partial charge in [-0.3, -0.25) is 9.59 Å². The molecule has 6 heteroatoms. The minimum atomic E-state index is -1.04. The number of halogens is 2. The molecule has 0 atom stereocenters. The first-order valence-electron chi connectivity index (χ1n) is 6.50. The van der Waals surface area contributed by atoms with Crippen molar-refractivity contribution < 1.29 is 18.4 Å². The van der Waals surface area contributed by atoms with Gasteiger partial charge in [-0.25, -0.2) is 8.78 Å². The first-order chi connectivity index (χ1) is 9.47. The van der Waals surface area contributed by atoms with Crippen LogP contribution in [0.25, 0.3) is 0 Å². The maximum absolute atomic E-state index is 12.9. The Morgan fingerprint density at radius 1 is 1.15 bits per heavy atom. The van der Waals surface area contributed by atoms with Crippen LogP contribution in [0.2, 0.25) is 0 Å². The Balaban J connectivity index is 2.47. The molecule has 0 heterocycles. The lowest BCUT2D eigenvalue weighted by Gasteiger charge is -2.12. The van der Waals surface area contributed by atoms with E-state index in [1.165, 1.54) is 6.07 Å². The van der Waals surface area contributed by atoms with Crippen LogP contribution in [0.1, 0.15) is 26.7 Å². The number of amides is 2. The van der Waals surface area contributed by atoms with Crippen molar-refractivity contribution in [1.82, 2.24) is 5.32 Å². The summed E-state index contributed by atoms with van der Waals surface area (Å²) in [5.41, 5.74) is 0.144. The normalized spacial score (nSPS) is 10.4. The van der Waals surface area contributed by atoms with E-state index in [0.29, 0.717) is 12.8 Å². The molecule has 4 nitrogen and oxygen atoms in total. The quantitative estimate of drug-likeness (QED) is 0.843. The highest BCUT2D eigenvalue weighted by Crippen LogP contribution is 2.12. The molecule has 1 rings (SSSR count). The van der Waals surface area contributed by atoms with Gasteiger partial charge in [0.15, 0.2) is 11.6 Å². The van der Waals surface area contributed by atoms with Crippen LogP contribution in [0.5, 0.6) is 0 Å². The first kappa shape index (κ1) is 16.1. The van der Waals surface area contributed by atoms with Crippen LogP contribution in [0.15, 0.2) is 18.2 Å². The average molecular weight is 284 g/mol. The fourth-order valence-electron chi connectivity index (χ4n) is 1.75. The van der Waals surface area contributed by atoms with Crippen LogP contribution in [0.3, 0.4) is 0 Å². The second-order valence-electron chi connectivity index (χ2n) is 4.41. The number of anilines is 1. The number of rotatable bonds is 6. The lowest BCUT2D eigenvalue weighted by atomic mass is 10.0. The predicted molar refractivity (Wildman–Crippen MR) is 72.1 cm³/mol. The van der Waals surface area contributed by atoms with Gasteiger partial charge in [-0.2, -0.15) is 0 Å². The van der Waals surface area contributed by atoms with E-state index in [1.54, 1.807) is 0 Å². The molecule has 1 aromatic carbocycles. The van der Waals surface area contributed by atoms with E-state index in [4.69, 9.17) is 0 Å². The summed E-state index contributed by atoms with van der Waals surface area (Å²) in [6.07, 6.45) is 1.40. The largest absolute Gasteiger partial charge is 0.347 e. The molecule has 0 saturated heterocycles. The third kappa shape index (κ3) is 4.60. The molecule has 0 unspecified atom stereocenters. The maximum atomic E-state index is 12.9. The lowest BCUT2D eigenvalue weighted by molar-refractivity contribution is -0.127. The number of nitrogens with one attached hydrogen (secondary N) is 2. The van der Waals surface area contributed by atoms with Crippen molar-refractivity contribution in [2.45, 2.75) is 26.7 Å². The number of carbonyl (C=O) groups excluding carboxylic acids is 2. The van der Waals surface area contributed by atoms with E-state index < -0.39 is 17.5 Å². The van der Waals surface area contributed by atoms with Crippen molar-refractivity contribution in [3.8, 4) is 0 Å². The van der Waals surface area contributed by atoms with Gasteiger partial charge in [0.25, 0.3) is 0 Å². The van der Waals surface area contributed by atoms with Crippen LogP contribution < -0.4 is 10.6 Å². The second-order valence-corrected chi connectivity index (χ2v) is 4.41. The highest BCUT2D eigenvalue weighted by Gasteiger charge is 2.15. The standard InChI is InChI=1S/C14H18F2N2O2/c1-3-9(4-2)14(20)17-8-13(19)18-10-5-6-11(15)12(16)7-10/h5-7,9H,3-4,8H2,1-2H3,(H,17,20)(H,18,19). The Labute approximate surface area is 116 Å². The molecular formula is C14H18F2N2O2. The highest BCUT2D eigenvalue weighted by atomic mass is 19.2. The van der Waals surface area contributed by atoms with Crippen molar-refractivity contribution in [3.05, 3.63) is 29.8 Å². The van der Waals surface area contributed by atoms with Crippen molar-refractivity contribution in [1.29, 1.82) is 0 Å². The summed E-state index contributed by atoms with van der Waals surface area (Å²) in [5, 5.41) is 4.89. The molecule has 0 aromatic heterocycles. The fraction of sp³-hybridized carbons (Fsp3) is 0.429. The molecule has 20 heavy (non-hydrogen) atoms. The van der Waals surface area contributed by atoms with Crippen molar-refractivity contribution >= 4 is 17.5 Å². The zero-order chi connectivity index (χ0) is 15.1. The van der Waals surface area contributed by atoms with E-state index in [0.717, 1.165) is 12.1 Å². The average Bonchev–Trinajstić information content (AvgIpc) is 2.42. The van der Waals surface area contributed by atoms with Gasteiger partial charge >= 0.3 is 0 Å². The molecule has 0 aliphatic carbocycles. The van der Waals surface area contributed by atoms with Gasteiger partial charge in [0.2, 0.25) is 11.8 Å². The molecule has 110 valence electrons. The monoisotopic (exact) mass is 284 g/mol. The van der Waals surface area contributed by atoms with E-state index >= 15 is 0 Å². The third-order valence-corrected chi connectivity index (χ3v) is 2.98. The van der Waals surface area contributed by atoms with E-state index in [9.17, 15) is 18.4 Å². The molecule has 0 fully saturated rings. The van der Waals surface area contributed by atoms with Crippen LogP contribution in [-0.2, 0) is 9.59 Å². The van der Waals surface area contributed by atoms with Crippen molar-refractivity contribution in [2.75, 3.05) is 11.9 Å².